The van der Waals surface area contributed by atoms with Gasteiger partial charge in [0.1, 0.15) is 35.9 Å². The fourth-order valence-electron chi connectivity index (χ4n) is 4.07. The van der Waals surface area contributed by atoms with E-state index in [9.17, 15) is 45.3 Å². The van der Waals surface area contributed by atoms with E-state index < -0.39 is 72.5 Å². The Morgan fingerprint density at radius 2 is 1.53 bits per heavy atom. The lowest BCUT2D eigenvalue weighted by atomic mass is 9.81. The summed E-state index contributed by atoms with van der Waals surface area (Å²) in [5.41, 5.74) is -1.65. The summed E-state index contributed by atoms with van der Waals surface area (Å²) in [6, 6.07) is 3.56. The Bertz CT molecular complexity index is 1160. The van der Waals surface area contributed by atoms with Crippen LogP contribution in [0.2, 0.25) is 0 Å². The molecule has 1 aliphatic heterocycles. The van der Waals surface area contributed by atoms with E-state index >= 15 is 0 Å². The molecular weight excluding hydrogens is 456 g/mol. The molecule has 1 heterocycles. The molecule has 0 spiro atoms. The maximum Gasteiger partial charge on any atom is 0.229 e. The summed E-state index contributed by atoms with van der Waals surface area (Å²) in [6.45, 7) is -1.58. The van der Waals surface area contributed by atoms with Crippen molar-refractivity contribution in [3.8, 4) is 23.0 Å². The third-order valence-electron chi connectivity index (χ3n) is 5.92. The largest absolute Gasteiger partial charge is 0.507 e. The number of ether oxygens (including phenoxy) is 3. The van der Waals surface area contributed by atoms with E-state index in [1.807, 2.05) is 0 Å². The van der Waals surface area contributed by atoms with Gasteiger partial charge in [-0.2, -0.15) is 0 Å². The Morgan fingerprint density at radius 1 is 0.882 bits per heavy atom. The fourth-order valence-corrected chi connectivity index (χ4v) is 4.07. The molecule has 2 aromatic rings. The number of aromatic hydroxyl groups is 2. The number of fused-ring (bicyclic) bond motifs is 2. The number of carbonyl (C=O) groups is 2. The highest BCUT2D eigenvalue weighted by atomic mass is 16.7. The second-order valence-corrected chi connectivity index (χ2v) is 7.79. The number of benzene rings is 2. The zero-order valence-electron chi connectivity index (χ0n) is 17.7. The standard InChI is InChI=1S/C22H22O12/c1-32-10-3-2-7-13(18(10)28)16(26)8-4-11(9(5-23)17(27)14(8)15(7)25)33-22-21(31)20(30)19(29)12(6-24)34-22/h2-4,12,19-24,27-31H,5-6H2,1H3/t12-,19-,20+,21-,22-/m1/s1. The van der Waals surface area contributed by atoms with Gasteiger partial charge in [0, 0.05) is 11.1 Å². The first-order chi connectivity index (χ1) is 16.2. The number of hydrogen-bond donors (Lipinski definition) is 7. The first-order valence-corrected chi connectivity index (χ1v) is 10.1. The van der Waals surface area contributed by atoms with Crippen molar-refractivity contribution in [3.63, 3.8) is 0 Å². The van der Waals surface area contributed by atoms with Crippen LogP contribution in [0, 0.1) is 0 Å². The van der Waals surface area contributed by atoms with Crippen LogP contribution in [-0.2, 0) is 11.3 Å². The molecule has 12 nitrogen and oxygen atoms in total. The minimum atomic E-state index is -1.81. The van der Waals surface area contributed by atoms with Gasteiger partial charge in [-0.15, -0.1) is 0 Å². The average molecular weight is 478 g/mol. The van der Waals surface area contributed by atoms with Crippen molar-refractivity contribution in [3.05, 3.63) is 46.0 Å². The van der Waals surface area contributed by atoms with Gasteiger partial charge in [0.25, 0.3) is 0 Å². The number of phenolic OH excluding ortho intramolecular Hbond substituents is 1. The highest BCUT2D eigenvalue weighted by Gasteiger charge is 2.45. The van der Waals surface area contributed by atoms with Crippen molar-refractivity contribution in [1.82, 2.24) is 0 Å². The molecular formula is C22H22O12. The molecule has 1 saturated heterocycles. The summed E-state index contributed by atoms with van der Waals surface area (Å²) < 4.78 is 15.8. The third kappa shape index (κ3) is 3.48. The fraction of sp³-hybridized carbons (Fsp3) is 0.364. The molecule has 1 aliphatic carbocycles. The van der Waals surface area contributed by atoms with Crippen molar-refractivity contribution in [2.24, 2.45) is 0 Å². The van der Waals surface area contributed by atoms with Gasteiger partial charge in [-0.1, -0.05) is 0 Å². The highest BCUT2D eigenvalue weighted by molar-refractivity contribution is 6.30. The van der Waals surface area contributed by atoms with E-state index in [0.717, 1.165) is 6.07 Å². The smallest absolute Gasteiger partial charge is 0.229 e. The predicted octanol–water partition coefficient (Wildman–Crippen LogP) is -1.45. The zero-order chi connectivity index (χ0) is 24.9. The molecule has 0 amide bonds. The second-order valence-electron chi connectivity index (χ2n) is 7.79. The SMILES string of the molecule is COc1ccc2c(c1O)C(=O)c1cc(O[C@@H]3O[C@H](CO)[C@@H](O)[C@H](O)[C@H]3O)c(CO)c(O)c1C2=O. The number of phenols is 2. The van der Waals surface area contributed by atoms with Crippen LogP contribution in [0.1, 0.15) is 37.4 Å². The molecule has 0 unspecified atom stereocenters. The molecule has 0 radical (unpaired) electrons. The molecule has 2 aliphatic rings. The maximum absolute atomic E-state index is 13.2. The summed E-state index contributed by atoms with van der Waals surface area (Å²) in [7, 11) is 1.26. The highest BCUT2D eigenvalue weighted by Crippen LogP contribution is 2.44. The minimum absolute atomic E-state index is 0.0580. The molecule has 1 fully saturated rings. The molecule has 2 aromatic carbocycles. The Kier molecular flexibility index (Phi) is 6.20. The number of rotatable bonds is 5. The monoisotopic (exact) mass is 478 g/mol. The van der Waals surface area contributed by atoms with E-state index in [1.165, 1.54) is 19.2 Å². The molecule has 4 rings (SSSR count). The van der Waals surface area contributed by atoms with Crippen LogP contribution in [0.4, 0.5) is 0 Å². The van der Waals surface area contributed by atoms with Crippen LogP contribution in [0.5, 0.6) is 23.0 Å². The van der Waals surface area contributed by atoms with Gasteiger partial charge < -0.3 is 50.0 Å². The lowest BCUT2D eigenvalue weighted by Crippen LogP contribution is -2.60. The quantitative estimate of drug-likeness (QED) is 0.225. The van der Waals surface area contributed by atoms with Gasteiger partial charge >= 0.3 is 0 Å². The van der Waals surface area contributed by atoms with Gasteiger partial charge in [0.2, 0.25) is 6.29 Å². The van der Waals surface area contributed by atoms with Crippen LogP contribution in [0.25, 0.3) is 0 Å². The number of aliphatic hydroxyl groups is 5. The first-order valence-electron chi connectivity index (χ1n) is 10.1. The van der Waals surface area contributed by atoms with Crippen molar-refractivity contribution >= 4 is 11.6 Å². The van der Waals surface area contributed by atoms with E-state index in [0.29, 0.717) is 0 Å². The molecule has 12 heteroatoms. The third-order valence-corrected chi connectivity index (χ3v) is 5.92. The number of aliphatic hydroxyl groups excluding tert-OH is 5. The molecule has 5 atom stereocenters. The maximum atomic E-state index is 13.2. The number of hydrogen-bond acceptors (Lipinski definition) is 12. The van der Waals surface area contributed by atoms with E-state index in [-0.39, 0.29) is 33.8 Å². The molecule has 0 saturated carbocycles. The van der Waals surface area contributed by atoms with Crippen molar-refractivity contribution in [2.75, 3.05) is 13.7 Å². The Labute approximate surface area is 191 Å². The van der Waals surface area contributed by atoms with Crippen molar-refractivity contribution in [2.45, 2.75) is 37.3 Å². The number of methoxy groups -OCH3 is 1. The molecule has 0 aromatic heterocycles. The van der Waals surface area contributed by atoms with Crippen LogP contribution >= 0.6 is 0 Å². The Balaban J connectivity index is 1.81. The Hall–Kier alpha value is -3.26. The van der Waals surface area contributed by atoms with Crippen molar-refractivity contribution < 1.29 is 59.5 Å². The van der Waals surface area contributed by atoms with Crippen LogP contribution in [0.15, 0.2) is 18.2 Å². The summed E-state index contributed by atoms with van der Waals surface area (Å²) in [6.07, 6.45) is -8.21. The minimum Gasteiger partial charge on any atom is -0.507 e. The van der Waals surface area contributed by atoms with Crippen LogP contribution in [0.3, 0.4) is 0 Å². The summed E-state index contributed by atoms with van der Waals surface area (Å²) in [5.74, 6) is -3.42. The number of ketones is 2. The summed E-state index contributed by atoms with van der Waals surface area (Å²) in [4.78, 5) is 26.3. The number of carbonyl (C=O) groups excluding carboxylic acids is 2. The predicted molar refractivity (Wildman–Crippen MR) is 110 cm³/mol. The van der Waals surface area contributed by atoms with E-state index in [2.05, 4.69) is 0 Å². The van der Waals surface area contributed by atoms with Crippen LogP contribution < -0.4 is 9.47 Å². The molecule has 0 bridgehead atoms. The van der Waals surface area contributed by atoms with Gasteiger partial charge in [-0.25, -0.2) is 0 Å². The lowest BCUT2D eigenvalue weighted by Gasteiger charge is -2.39. The van der Waals surface area contributed by atoms with Gasteiger partial charge in [0.15, 0.2) is 23.1 Å². The van der Waals surface area contributed by atoms with Gasteiger partial charge in [-0.05, 0) is 18.2 Å². The first kappa shape index (κ1) is 23.9. The summed E-state index contributed by atoms with van der Waals surface area (Å²) in [5, 5.41) is 70.5. The molecule has 34 heavy (non-hydrogen) atoms. The topological polar surface area (TPSA) is 203 Å². The van der Waals surface area contributed by atoms with Gasteiger partial charge in [-0.3, -0.25) is 9.59 Å². The normalized spacial score (nSPS) is 26.1. The zero-order valence-corrected chi connectivity index (χ0v) is 17.7. The Morgan fingerprint density at radius 3 is 2.15 bits per heavy atom. The second kappa shape index (κ2) is 8.83. The molecule has 7 N–H and O–H groups in total. The lowest BCUT2D eigenvalue weighted by molar-refractivity contribution is -0.277. The summed E-state index contributed by atoms with van der Waals surface area (Å²) >= 11 is 0. The average Bonchev–Trinajstić information content (AvgIpc) is 2.82. The van der Waals surface area contributed by atoms with Crippen molar-refractivity contribution in [1.29, 1.82) is 0 Å². The van der Waals surface area contributed by atoms with Gasteiger partial charge in [0.05, 0.1) is 37.0 Å². The van der Waals surface area contributed by atoms with E-state index in [1.54, 1.807) is 0 Å². The van der Waals surface area contributed by atoms with Crippen LogP contribution in [-0.4, -0.2) is 91.7 Å². The van der Waals surface area contributed by atoms with E-state index in [4.69, 9.17) is 14.2 Å². The molecule has 182 valence electrons.